The smallest absolute Gasteiger partial charge is 0.297 e. The molecule has 1 rings (SSSR count). The van der Waals surface area contributed by atoms with Crippen molar-refractivity contribution in [1.82, 2.24) is 0 Å². The van der Waals surface area contributed by atoms with Crippen LogP contribution in [0.15, 0.2) is 17.0 Å². The third-order valence-electron chi connectivity index (χ3n) is 2.68. The van der Waals surface area contributed by atoms with Gasteiger partial charge in [-0.2, -0.15) is 8.42 Å². The van der Waals surface area contributed by atoms with Gasteiger partial charge < -0.3 is 4.90 Å². The van der Waals surface area contributed by atoms with Gasteiger partial charge in [-0.1, -0.05) is 5.92 Å². The Balaban J connectivity index is 3.35. The van der Waals surface area contributed by atoms with Crippen LogP contribution < -0.4 is 4.90 Å². The van der Waals surface area contributed by atoms with E-state index in [0.717, 1.165) is 12.8 Å². The van der Waals surface area contributed by atoms with Gasteiger partial charge in [0.25, 0.3) is 10.1 Å². The molecule has 0 aliphatic carbocycles. The molecular weight excluding hydrogens is 250 g/mol. The van der Waals surface area contributed by atoms with Crippen LogP contribution in [-0.2, 0) is 14.3 Å². The van der Waals surface area contributed by atoms with Crippen molar-refractivity contribution in [3.05, 3.63) is 23.3 Å². The summed E-state index contributed by atoms with van der Waals surface area (Å²) in [6.07, 6.45) is 5.26. The highest BCUT2D eigenvalue weighted by atomic mass is 32.2. The van der Waals surface area contributed by atoms with Crippen molar-refractivity contribution in [2.24, 2.45) is 0 Å². The molecular formula is C13H17NO3S. The number of nitrogens with zero attached hydrogens (tertiary/aromatic N) is 1. The molecule has 0 saturated carbocycles. The first-order chi connectivity index (χ1) is 8.33. The second-order valence-electron chi connectivity index (χ2n) is 4.09. The van der Waals surface area contributed by atoms with Crippen molar-refractivity contribution in [2.75, 3.05) is 25.6 Å². The normalized spacial score (nSPS) is 11.1. The van der Waals surface area contributed by atoms with E-state index in [1.54, 1.807) is 26.0 Å². The van der Waals surface area contributed by atoms with E-state index in [1.165, 1.54) is 0 Å². The van der Waals surface area contributed by atoms with E-state index in [9.17, 15) is 8.42 Å². The molecule has 18 heavy (non-hydrogen) atoms. The number of hydrogen-bond donors (Lipinski definition) is 0. The third-order valence-corrected chi connectivity index (χ3v) is 4.27. The van der Waals surface area contributed by atoms with Crippen LogP contribution in [0.2, 0.25) is 0 Å². The van der Waals surface area contributed by atoms with Gasteiger partial charge in [0.2, 0.25) is 0 Å². The highest BCUT2D eigenvalue weighted by molar-refractivity contribution is 7.86. The molecule has 0 N–H and O–H groups in total. The van der Waals surface area contributed by atoms with Gasteiger partial charge in [-0.3, -0.25) is 4.18 Å². The Morgan fingerprint density at radius 1 is 1.33 bits per heavy atom. The number of hydrogen-bond acceptors (Lipinski definition) is 4. The van der Waals surface area contributed by atoms with Crippen LogP contribution in [-0.4, -0.2) is 29.1 Å². The van der Waals surface area contributed by atoms with Crippen molar-refractivity contribution in [1.29, 1.82) is 0 Å². The predicted octanol–water partition coefficient (Wildman–Crippen LogP) is 1.71. The lowest BCUT2D eigenvalue weighted by Gasteiger charge is -2.19. The second kappa shape index (κ2) is 5.42. The lowest BCUT2D eigenvalue weighted by atomic mass is 10.1. The fourth-order valence-electron chi connectivity index (χ4n) is 1.85. The van der Waals surface area contributed by atoms with E-state index in [-0.39, 0.29) is 4.90 Å². The topological polar surface area (TPSA) is 46.6 Å². The molecule has 0 atom stereocenters. The first kappa shape index (κ1) is 14.6. The maximum absolute atomic E-state index is 11.8. The molecule has 98 valence electrons. The minimum absolute atomic E-state index is 0.225. The average molecular weight is 267 g/mol. The van der Waals surface area contributed by atoms with Gasteiger partial charge in [0.05, 0.1) is 13.7 Å². The van der Waals surface area contributed by atoms with Crippen molar-refractivity contribution in [2.45, 2.75) is 18.7 Å². The Hall–Kier alpha value is -1.51. The van der Waals surface area contributed by atoms with E-state index < -0.39 is 10.1 Å². The summed E-state index contributed by atoms with van der Waals surface area (Å²) >= 11 is 0. The molecule has 1 aromatic rings. The van der Waals surface area contributed by atoms with Gasteiger partial charge >= 0.3 is 0 Å². The largest absolute Gasteiger partial charge is 0.363 e. The van der Waals surface area contributed by atoms with Gasteiger partial charge in [0.15, 0.2) is 0 Å². The molecule has 1 aromatic carbocycles. The van der Waals surface area contributed by atoms with E-state index >= 15 is 0 Å². The van der Waals surface area contributed by atoms with Crippen molar-refractivity contribution in [3.63, 3.8) is 0 Å². The Morgan fingerprint density at radius 3 is 2.22 bits per heavy atom. The molecule has 5 heteroatoms. The minimum Gasteiger partial charge on any atom is -0.363 e. The zero-order valence-electron chi connectivity index (χ0n) is 11.0. The number of aryl methyl sites for hydroxylation is 2. The van der Waals surface area contributed by atoms with Gasteiger partial charge in [-0.05, 0) is 37.1 Å². The summed E-state index contributed by atoms with van der Waals surface area (Å²) in [4.78, 5) is 2.10. The lowest BCUT2D eigenvalue weighted by molar-refractivity contribution is 0.397. The highest BCUT2D eigenvalue weighted by Crippen LogP contribution is 2.27. The monoisotopic (exact) mass is 267 g/mol. The van der Waals surface area contributed by atoms with Crippen LogP contribution in [0.4, 0.5) is 5.69 Å². The predicted molar refractivity (Wildman–Crippen MR) is 72.2 cm³/mol. The summed E-state index contributed by atoms with van der Waals surface area (Å²) in [5, 5.41) is 0. The third kappa shape index (κ3) is 2.84. The molecule has 0 aliphatic heterocycles. The molecule has 0 aliphatic rings. The van der Waals surface area contributed by atoms with Crippen LogP contribution in [0.1, 0.15) is 11.1 Å². The Kier molecular flexibility index (Phi) is 4.38. The Labute approximate surface area is 109 Å². The van der Waals surface area contributed by atoms with Gasteiger partial charge in [0, 0.05) is 12.7 Å². The minimum atomic E-state index is -3.67. The van der Waals surface area contributed by atoms with Crippen molar-refractivity contribution >= 4 is 15.8 Å². The van der Waals surface area contributed by atoms with E-state index in [2.05, 4.69) is 10.1 Å². The SMILES string of the molecule is C#CCN(C)c1cc(C)c(S(=O)(=O)OC)c(C)c1. The first-order valence-electron chi connectivity index (χ1n) is 5.40. The zero-order valence-corrected chi connectivity index (χ0v) is 11.8. The molecule has 0 unspecified atom stereocenters. The van der Waals surface area contributed by atoms with Gasteiger partial charge in [0.1, 0.15) is 4.90 Å². The molecule has 0 bridgehead atoms. The fourth-order valence-corrected chi connectivity index (χ4v) is 2.93. The standard InChI is InChI=1S/C13H17NO3S/c1-6-7-14(4)12-8-10(2)13(11(3)9-12)18(15,16)17-5/h1,8-9H,7H2,2-5H3. The highest BCUT2D eigenvalue weighted by Gasteiger charge is 2.20. The number of terminal acetylenes is 1. The molecule has 4 nitrogen and oxygen atoms in total. The van der Waals surface area contributed by atoms with Crippen molar-refractivity contribution < 1.29 is 12.6 Å². The lowest BCUT2D eigenvalue weighted by Crippen LogP contribution is -2.18. The van der Waals surface area contributed by atoms with Crippen molar-refractivity contribution in [3.8, 4) is 12.3 Å². The molecule has 0 saturated heterocycles. The molecule has 0 radical (unpaired) electrons. The average Bonchev–Trinajstić information content (AvgIpc) is 2.28. The summed E-state index contributed by atoms with van der Waals surface area (Å²) in [6, 6.07) is 3.58. The van der Waals surface area contributed by atoms with E-state index in [4.69, 9.17) is 6.42 Å². The maximum atomic E-state index is 11.8. The molecule has 0 amide bonds. The quantitative estimate of drug-likeness (QED) is 0.615. The van der Waals surface area contributed by atoms with E-state index in [0.29, 0.717) is 17.7 Å². The number of benzene rings is 1. The van der Waals surface area contributed by atoms with Crippen LogP contribution in [0.3, 0.4) is 0 Å². The Bertz CT molecular complexity index is 562. The van der Waals surface area contributed by atoms with Crippen LogP contribution >= 0.6 is 0 Å². The van der Waals surface area contributed by atoms with Crippen LogP contribution in [0.25, 0.3) is 0 Å². The van der Waals surface area contributed by atoms with Crippen LogP contribution in [0, 0.1) is 26.2 Å². The zero-order chi connectivity index (χ0) is 13.9. The molecule has 0 fully saturated rings. The van der Waals surface area contributed by atoms with Gasteiger partial charge in [-0.25, -0.2) is 0 Å². The number of anilines is 1. The maximum Gasteiger partial charge on any atom is 0.297 e. The Morgan fingerprint density at radius 2 is 1.83 bits per heavy atom. The number of rotatable bonds is 4. The summed E-state index contributed by atoms with van der Waals surface area (Å²) < 4.78 is 28.1. The summed E-state index contributed by atoms with van der Waals surface area (Å²) in [7, 11) is -0.654. The summed E-state index contributed by atoms with van der Waals surface area (Å²) in [5.41, 5.74) is 2.18. The molecule has 0 heterocycles. The van der Waals surface area contributed by atoms with Gasteiger partial charge in [-0.15, -0.1) is 6.42 Å². The summed E-state index contributed by atoms with van der Waals surface area (Å²) in [5.74, 6) is 2.54. The fraction of sp³-hybridized carbons (Fsp3) is 0.385. The molecule has 0 aromatic heterocycles. The van der Waals surface area contributed by atoms with Crippen LogP contribution in [0.5, 0.6) is 0 Å². The first-order valence-corrected chi connectivity index (χ1v) is 6.80. The second-order valence-corrected chi connectivity index (χ2v) is 5.74. The molecule has 0 spiro atoms. The summed E-state index contributed by atoms with van der Waals surface area (Å²) in [6.45, 7) is 3.95. The van der Waals surface area contributed by atoms with E-state index in [1.807, 2.05) is 11.9 Å².